The molecule has 6 rings (SSSR count). The third-order valence-electron chi connectivity index (χ3n) is 11.6. The van der Waals surface area contributed by atoms with Crippen LogP contribution in [0.5, 0.6) is 69.0 Å². The maximum Gasteiger partial charge on any atom is 3.00 e. The normalized spacial score (nSPS) is 12.2. The fourth-order valence-corrected chi connectivity index (χ4v) is 7.26. The Balaban J connectivity index is 0.00000147. The standard InChI is InChI=1S/2C29H33N3O6.CH4O.Dy.2Mn.NO3/c2*1-29(17-30-14-20-8-5-11-23(36-2)26(20)33,18-31-15-21-9-6-12-24(37-3)27(21)34)19-32-16-22-10-7-13-25(38-4)28(22)35;1-2;;;;2-1(3)4/h2*5-16,33-35H,17-19H2,1-4H3;2H,1H3;;;;/q;;;;+2;+3;-1/p-6. The van der Waals surface area contributed by atoms with Gasteiger partial charge in [0.25, 0.3) is 0 Å². The summed E-state index contributed by atoms with van der Waals surface area (Å²) in [4.78, 5) is 35.2. The van der Waals surface area contributed by atoms with Crippen molar-refractivity contribution >= 4 is 37.3 Å². The van der Waals surface area contributed by atoms with E-state index >= 15 is 0 Å². The SMILES string of the molecule is CO.COc1cccc(C=NCC(C)(CN=Cc2cccc(OC)c2[O-])CN=Cc2cccc(OC)c2[O-])c1[O-].COc1cccc(C=NCC(C)(CN=Cc2cccc(OC)c2[O-])CN=Cc2cccc(OC)c2[O-])c1[O-].O=[N+]([O-])[O-].[Dy].[Mn+2].[Mn+3]. The number of rotatable bonds is 24. The van der Waals surface area contributed by atoms with Gasteiger partial charge in [-0.2, -0.15) is 0 Å². The van der Waals surface area contributed by atoms with E-state index in [1.807, 2.05) is 13.8 Å². The van der Waals surface area contributed by atoms with E-state index in [9.17, 15) is 30.6 Å². The number of aliphatic hydroxyl groups is 1. The summed E-state index contributed by atoms with van der Waals surface area (Å²) in [6.07, 6.45) is 9.04. The molecule has 0 aliphatic heterocycles. The summed E-state index contributed by atoms with van der Waals surface area (Å²) in [5.41, 5.74) is 1.23. The van der Waals surface area contributed by atoms with Gasteiger partial charge in [0.2, 0.25) is 0 Å². The molecule has 0 aromatic heterocycles. The molecule has 0 spiro atoms. The average molecular weight is 1400 g/mol. The zero-order valence-corrected chi connectivity index (χ0v) is 52.3. The van der Waals surface area contributed by atoms with Crippen molar-refractivity contribution in [2.45, 2.75) is 13.8 Å². The Morgan fingerprint density at radius 3 is 0.624 bits per heavy atom. The van der Waals surface area contributed by atoms with E-state index in [4.69, 9.17) is 48.8 Å². The maximum atomic E-state index is 12.4. The van der Waals surface area contributed by atoms with Crippen LogP contribution in [-0.2, 0) is 34.1 Å². The number of benzene rings is 6. The predicted octanol–water partition coefficient (Wildman–Crippen LogP) is 4.56. The van der Waals surface area contributed by atoms with Crippen molar-refractivity contribution in [2.24, 2.45) is 40.8 Å². The van der Waals surface area contributed by atoms with Crippen molar-refractivity contribution in [2.75, 3.05) is 89.0 Å². The predicted molar refractivity (Wildman–Crippen MR) is 304 cm³/mol. The van der Waals surface area contributed by atoms with E-state index in [2.05, 4.69) is 30.0 Å². The minimum atomic E-state index is -1.75. The molecule has 6 aromatic carbocycles. The average Bonchev–Trinajstić information content (AvgIpc) is 3.58. The van der Waals surface area contributed by atoms with Crippen LogP contribution < -0.4 is 59.1 Å². The number of methoxy groups -OCH3 is 6. The summed E-state index contributed by atoms with van der Waals surface area (Å²) in [5, 5.41) is 96.4. The number of ether oxygens (including phenoxy) is 6. The zero-order chi connectivity index (χ0) is 60.7. The summed E-state index contributed by atoms with van der Waals surface area (Å²) in [6, 6.07) is 29.9. The minimum Gasteiger partial charge on any atom is -0.870 e. The first-order valence-corrected chi connectivity index (χ1v) is 24.7. The molecule has 0 atom stereocenters. The number of para-hydroxylation sites is 6. The molecular weight excluding hydrogens is 1340 g/mol. The third kappa shape index (κ3) is 24.9. The number of aliphatic hydroxyl groups excluding tert-OH is 1. The number of aliphatic imine (C=N–C) groups is 6. The monoisotopic (exact) mass is 1400 g/mol. The molecule has 0 unspecified atom stereocenters. The van der Waals surface area contributed by atoms with Gasteiger partial charge < -0.3 is 79.5 Å². The molecule has 26 heteroatoms. The Labute approximate surface area is 545 Å². The summed E-state index contributed by atoms with van der Waals surface area (Å²) in [6.45, 7) is 5.57. The molecule has 1 N–H and O–H groups in total. The Bertz CT molecular complexity index is 2660. The molecule has 0 aliphatic carbocycles. The topological polar surface area (TPSA) is 354 Å². The van der Waals surface area contributed by atoms with E-state index in [-0.39, 0.29) is 181 Å². The van der Waals surface area contributed by atoms with Crippen LogP contribution in [0, 0.1) is 64.3 Å². The molecule has 0 saturated heterocycles. The Morgan fingerprint density at radius 1 is 0.376 bits per heavy atom. The van der Waals surface area contributed by atoms with Crippen LogP contribution in [0.15, 0.2) is 139 Å². The molecule has 0 saturated carbocycles. The molecule has 23 nitrogen and oxygen atoms in total. The smallest absolute Gasteiger partial charge is 0.870 e. The van der Waals surface area contributed by atoms with Crippen LogP contribution in [-0.4, -0.2) is 137 Å². The molecule has 1 radical (unpaired) electrons. The van der Waals surface area contributed by atoms with Crippen molar-refractivity contribution in [1.82, 2.24) is 0 Å². The first-order valence-electron chi connectivity index (χ1n) is 24.7. The molecule has 0 aliphatic rings. The largest absolute Gasteiger partial charge is 3.00 e. The van der Waals surface area contributed by atoms with Gasteiger partial charge in [0.15, 0.2) is 0 Å². The van der Waals surface area contributed by atoms with Crippen LogP contribution in [0.4, 0.5) is 0 Å². The van der Waals surface area contributed by atoms with Gasteiger partial charge in [-0.3, -0.25) is 30.0 Å². The first-order chi connectivity index (χ1) is 39.4. The number of hydrogen-bond donors (Lipinski definition) is 1. The number of nitrogens with zero attached hydrogens (tertiary/aromatic N) is 7. The van der Waals surface area contributed by atoms with Crippen molar-refractivity contribution in [3.63, 3.8) is 0 Å². The summed E-state index contributed by atoms with van der Waals surface area (Å²) < 4.78 is 30.6. The van der Waals surface area contributed by atoms with Crippen LogP contribution in [0.3, 0.4) is 0 Å². The van der Waals surface area contributed by atoms with Crippen LogP contribution >= 0.6 is 0 Å². The van der Waals surface area contributed by atoms with E-state index in [0.29, 0.717) is 33.4 Å². The van der Waals surface area contributed by atoms with E-state index in [1.54, 1.807) is 109 Å². The van der Waals surface area contributed by atoms with Gasteiger partial charge in [-0.1, -0.05) is 121 Å². The van der Waals surface area contributed by atoms with Gasteiger partial charge in [-0.15, -0.1) is 0 Å². The first kappa shape index (κ1) is 77.4. The van der Waals surface area contributed by atoms with Gasteiger partial charge in [0.1, 0.15) is 34.5 Å². The van der Waals surface area contributed by atoms with E-state index in [0.717, 1.165) is 7.11 Å². The molecule has 0 heterocycles. The molecule has 85 heavy (non-hydrogen) atoms. The van der Waals surface area contributed by atoms with Crippen LogP contribution in [0.1, 0.15) is 47.2 Å². The number of hydrogen-bond acceptors (Lipinski definition) is 22. The van der Waals surface area contributed by atoms with Gasteiger partial charge in [-0.05, 0) is 69.8 Å². The van der Waals surface area contributed by atoms with Crippen molar-refractivity contribution in [3.8, 4) is 69.0 Å². The van der Waals surface area contributed by atoms with Crippen molar-refractivity contribution in [3.05, 3.63) is 158 Å². The van der Waals surface area contributed by atoms with Crippen molar-refractivity contribution in [1.29, 1.82) is 0 Å². The second-order valence-corrected chi connectivity index (χ2v) is 17.9. The van der Waals surface area contributed by atoms with E-state index in [1.165, 1.54) is 79.9 Å². The molecule has 457 valence electrons. The van der Waals surface area contributed by atoms with Gasteiger partial charge in [0.05, 0.1) is 47.7 Å². The fourth-order valence-electron chi connectivity index (χ4n) is 7.26. The fraction of sp³-hybridized carbons (Fsp3) is 0.288. The Kier molecular flexibility index (Phi) is 37.0. The Hall–Kier alpha value is -7.59. The van der Waals surface area contributed by atoms with Gasteiger partial charge in [0, 0.05) is 133 Å². The van der Waals surface area contributed by atoms with Gasteiger partial charge in [-0.25, -0.2) is 0 Å². The minimum absolute atomic E-state index is 0. The second-order valence-electron chi connectivity index (χ2n) is 17.9. The Morgan fingerprint density at radius 2 is 0.506 bits per heavy atom. The van der Waals surface area contributed by atoms with E-state index < -0.39 is 15.9 Å². The summed E-state index contributed by atoms with van der Waals surface area (Å²) >= 11 is 0. The molecule has 0 bridgehead atoms. The second kappa shape index (κ2) is 40.6. The molecule has 6 aromatic rings. The van der Waals surface area contributed by atoms with Crippen molar-refractivity contribution < 1.29 is 142 Å². The zero-order valence-electron chi connectivity index (χ0n) is 47.9. The molecule has 0 amide bonds. The summed E-state index contributed by atoms with van der Waals surface area (Å²) in [5.74, 6) is -0.0677. The van der Waals surface area contributed by atoms with Crippen LogP contribution in [0.2, 0.25) is 0 Å². The third-order valence-corrected chi connectivity index (χ3v) is 11.6. The maximum absolute atomic E-state index is 12.4. The quantitative estimate of drug-likeness (QED) is 0.0376. The van der Waals surface area contributed by atoms with Gasteiger partial charge >= 0.3 is 34.1 Å². The summed E-state index contributed by atoms with van der Waals surface area (Å²) in [7, 11) is 9.64. The molecule has 0 fully saturated rings. The molecular formula is C59H64DyMn2N7O16-2. The van der Waals surface area contributed by atoms with Crippen LogP contribution in [0.25, 0.3) is 0 Å².